The highest BCUT2D eigenvalue weighted by atomic mass is 16.5. The second kappa shape index (κ2) is 9.64. The van der Waals surface area contributed by atoms with E-state index in [4.69, 9.17) is 15.6 Å². The van der Waals surface area contributed by atoms with Gasteiger partial charge in [-0.2, -0.15) is 0 Å². The standard InChI is InChI=1S/C16H22N2O6/c1-10(19)14(18-15(22)12(17)7-8-13(20)21)16(23)24-9-11-5-3-2-4-6-11/h2-6,10,12,14,19H,7-9,17H2,1H3,(H,18,22)(H,20,21). The summed E-state index contributed by atoms with van der Waals surface area (Å²) in [6, 6.07) is 6.57. The van der Waals surface area contributed by atoms with Crippen LogP contribution in [0.3, 0.4) is 0 Å². The highest BCUT2D eigenvalue weighted by molar-refractivity contribution is 5.88. The van der Waals surface area contributed by atoms with Crippen LogP contribution in [-0.2, 0) is 25.7 Å². The number of nitrogens with two attached hydrogens (primary N) is 1. The lowest BCUT2D eigenvalue weighted by Gasteiger charge is -2.22. The summed E-state index contributed by atoms with van der Waals surface area (Å²) in [5.41, 5.74) is 6.33. The van der Waals surface area contributed by atoms with Gasteiger partial charge in [-0.1, -0.05) is 30.3 Å². The summed E-state index contributed by atoms with van der Waals surface area (Å²) in [7, 11) is 0. The third-order valence-electron chi connectivity index (χ3n) is 3.26. The molecule has 1 amide bonds. The number of carbonyl (C=O) groups excluding carboxylic acids is 2. The third kappa shape index (κ3) is 6.76. The van der Waals surface area contributed by atoms with Crippen LogP contribution in [0, 0.1) is 0 Å². The van der Waals surface area contributed by atoms with E-state index in [1.807, 2.05) is 6.07 Å². The number of esters is 1. The fourth-order valence-electron chi connectivity index (χ4n) is 1.87. The Balaban J connectivity index is 2.57. The summed E-state index contributed by atoms with van der Waals surface area (Å²) in [4.78, 5) is 34.4. The molecule has 132 valence electrons. The molecule has 1 aromatic carbocycles. The maximum Gasteiger partial charge on any atom is 0.331 e. The number of carboxylic acids is 1. The molecular weight excluding hydrogens is 316 g/mol. The van der Waals surface area contributed by atoms with E-state index in [1.165, 1.54) is 6.92 Å². The van der Waals surface area contributed by atoms with Gasteiger partial charge in [0.1, 0.15) is 6.61 Å². The molecule has 8 heteroatoms. The molecule has 0 saturated carbocycles. The molecule has 24 heavy (non-hydrogen) atoms. The zero-order chi connectivity index (χ0) is 18.1. The summed E-state index contributed by atoms with van der Waals surface area (Å²) in [5, 5.41) is 20.6. The molecule has 8 nitrogen and oxygen atoms in total. The molecule has 0 aliphatic carbocycles. The van der Waals surface area contributed by atoms with Crippen molar-refractivity contribution in [3.8, 4) is 0 Å². The van der Waals surface area contributed by atoms with Gasteiger partial charge in [-0.3, -0.25) is 9.59 Å². The molecule has 3 unspecified atom stereocenters. The summed E-state index contributed by atoms with van der Waals surface area (Å²) >= 11 is 0. The van der Waals surface area contributed by atoms with Crippen LogP contribution in [0.2, 0.25) is 0 Å². The van der Waals surface area contributed by atoms with Crippen molar-refractivity contribution in [1.82, 2.24) is 5.32 Å². The minimum atomic E-state index is -1.28. The Hall–Kier alpha value is -2.45. The smallest absolute Gasteiger partial charge is 0.331 e. The van der Waals surface area contributed by atoms with Gasteiger partial charge in [0.15, 0.2) is 6.04 Å². The van der Waals surface area contributed by atoms with E-state index >= 15 is 0 Å². The van der Waals surface area contributed by atoms with E-state index in [0.29, 0.717) is 0 Å². The van der Waals surface area contributed by atoms with Crippen LogP contribution in [0.15, 0.2) is 30.3 Å². The molecule has 1 aromatic rings. The number of aliphatic carboxylic acids is 1. The van der Waals surface area contributed by atoms with Crippen LogP contribution in [0.4, 0.5) is 0 Å². The zero-order valence-electron chi connectivity index (χ0n) is 13.3. The van der Waals surface area contributed by atoms with Crippen molar-refractivity contribution < 1.29 is 29.3 Å². The van der Waals surface area contributed by atoms with Gasteiger partial charge < -0.3 is 26.0 Å². The molecule has 0 saturated heterocycles. The third-order valence-corrected chi connectivity index (χ3v) is 3.26. The van der Waals surface area contributed by atoms with Gasteiger partial charge in [0.2, 0.25) is 5.91 Å². The molecule has 0 heterocycles. The molecule has 0 aliphatic heterocycles. The average Bonchev–Trinajstić information content (AvgIpc) is 2.55. The number of aliphatic hydroxyl groups excluding tert-OH is 1. The van der Waals surface area contributed by atoms with Crippen molar-refractivity contribution in [3.05, 3.63) is 35.9 Å². The van der Waals surface area contributed by atoms with E-state index in [0.717, 1.165) is 5.56 Å². The van der Waals surface area contributed by atoms with Crippen molar-refractivity contribution in [1.29, 1.82) is 0 Å². The Kier molecular flexibility index (Phi) is 7.87. The van der Waals surface area contributed by atoms with Gasteiger partial charge in [-0.25, -0.2) is 4.79 Å². The predicted octanol–water partition coefficient (Wildman–Crippen LogP) is -0.212. The van der Waals surface area contributed by atoms with E-state index < -0.39 is 36.0 Å². The minimum Gasteiger partial charge on any atom is -0.481 e. The predicted molar refractivity (Wildman–Crippen MR) is 84.7 cm³/mol. The number of amides is 1. The van der Waals surface area contributed by atoms with Gasteiger partial charge in [0.25, 0.3) is 0 Å². The Bertz CT molecular complexity index is 561. The summed E-state index contributed by atoms with van der Waals surface area (Å²) in [6.07, 6.45) is -1.54. The zero-order valence-corrected chi connectivity index (χ0v) is 13.3. The summed E-state index contributed by atoms with van der Waals surface area (Å²) in [6.45, 7) is 1.33. The number of aliphatic hydroxyl groups is 1. The van der Waals surface area contributed by atoms with Crippen molar-refractivity contribution >= 4 is 17.8 Å². The molecule has 0 aliphatic rings. The van der Waals surface area contributed by atoms with Crippen LogP contribution in [0.5, 0.6) is 0 Å². The summed E-state index contributed by atoms with van der Waals surface area (Å²) in [5.74, 6) is -2.60. The molecule has 0 spiro atoms. The molecule has 0 aromatic heterocycles. The lowest BCUT2D eigenvalue weighted by molar-refractivity contribution is -0.152. The maximum absolute atomic E-state index is 12.1. The Morgan fingerprint density at radius 1 is 1.25 bits per heavy atom. The number of ether oxygens (including phenoxy) is 1. The van der Waals surface area contributed by atoms with Gasteiger partial charge in [-0.05, 0) is 18.9 Å². The molecule has 5 N–H and O–H groups in total. The SMILES string of the molecule is CC(O)C(NC(=O)C(N)CCC(=O)O)C(=O)OCc1ccccc1. The lowest BCUT2D eigenvalue weighted by atomic mass is 10.1. The van der Waals surface area contributed by atoms with E-state index in [-0.39, 0.29) is 19.4 Å². The van der Waals surface area contributed by atoms with Crippen LogP contribution in [0.1, 0.15) is 25.3 Å². The van der Waals surface area contributed by atoms with Crippen LogP contribution >= 0.6 is 0 Å². The average molecular weight is 338 g/mol. The molecular formula is C16H22N2O6. The van der Waals surface area contributed by atoms with Gasteiger partial charge in [0.05, 0.1) is 12.1 Å². The first kappa shape index (κ1) is 19.6. The van der Waals surface area contributed by atoms with Crippen LogP contribution in [-0.4, -0.2) is 46.2 Å². The number of carbonyl (C=O) groups is 3. The number of rotatable bonds is 9. The van der Waals surface area contributed by atoms with Gasteiger partial charge in [0, 0.05) is 6.42 Å². The van der Waals surface area contributed by atoms with Crippen molar-refractivity contribution in [2.45, 2.75) is 44.6 Å². The number of benzene rings is 1. The van der Waals surface area contributed by atoms with Gasteiger partial charge in [-0.15, -0.1) is 0 Å². The Morgan fingerprint density at radius 3 is 2.42 bits per heavy atom. The van der Waals surface area contributed by atoms with Gasteiger partial charge >= 0.3 is 11.9 Å². The summed E-state index contributed by atoms with van der Waals surface area (Å²) < 4.78 is 5.08. The lowest BCUT2D eigenvalue weighted by Crippen LogP contribution is -2.53. The molecule has 3 atom stereocenters. The number of hydrogen-bond acceptors (Lipinski definition) is 6. The van der Waals surface area contributed by atoms with E-state index in [1.54, 1.807) is 24.3 Å². The second-order valence-corrected chi connectivity index (χ2v) is 5.36. The van der Waals surface area contributed by atoms with Crippen molar-refractivity contribution in [3.63, 3.8) is 0 Å². The van der Waals surface area contributed by atoms with Crippen molar-refractivity contribution in [2.75, 3.05) is 0 Å². The first-order valence-corrected chi connectivity index (χ1v) is 7.47. The van der Waals surface area contributed by atoms with Crippen LogP contribution < -0.4 is 11.1 Å². The molecule has 0 radical (unpaired) electrons. The first-order valence-electron chi connectivity index (χ1n) is 7.47. The first-order chi connectivity index (χ1) is 11.3. The molecule has 0 fully saturated rings. The monoisotopic (exact) mass is 338 g/mol. The Morgan fingerprint density at radius 2 is 1.88 bits per heavy atom. The second-order valence-electron chi connectivity index (χ2n) is 5.36. The largest absolute Gasteiger partial charge is 0.481 e. The number of nitrogens with one attached hydrogen (secondary N) is 1. The maximum atomic E-state index is 12.1. The Labute approximate surface area is 139 Å². The number of hydrogen-bond donors (Lipinski definition) is 4. The highest BCUT2D eigenvalue weighted by Crippen LogP contribution is 2.05. The van der Waals surface area contributed by atoms with E-state index in [2.05, 4.69) is 5.32 Å². The highest BCUT2D eigenvalue weighted by Gasteiger charge is 2.29. The van der Waals surface area contributed by atoms with E-state index in [9.17, 15) is 19.5 Å². The fraction of sp³-hybridized carbons (Fsp3) is 0.438. The van der Waals surface area contributed by atoms with Crippen LogP contribution in [0.25, 0.3) is 0 Å². The molecule has 0 bridgehead atoms. The van der Waals surface area contributed by atoms with Crippen molar-refractivity contribution in [2.24, 2.45) is 5.73 Å². The number of carboxylic acid groups (broad SMARTS) is 1. The normalized spacial score (nSPS) is 14.3. The molecule has 1 rings (SSSR count). The topological polar surface area (TPSA) is 139 Å². The quantitative estimate of drug-likeness (QED) is 0.457. The minimum absolute atomic E-state index is 0.00380. The fourth-order valence-corrected chi connectivity index (χ4v) is 1.87.